The lowest BCUT2D eigenvalue weighted by Crippen LogP contribution is -2.30. The van der Waals surface area contributed by atoms with Gasteiger partial charge in [-0.1, -0.05) is 35.3 Å². The number of carbonyl (C=O) groups is 1. The third-order valence-electron chi connectivity index (χ3n) is 4.85. The zero-order valence-electron chi connectivity index (χ0n) is 17.1. The first-order valence-electron chi connectivity index (χ1n) is 9.39. The Balaban J connectivity index is 1.68. The molecule has 0 fully saturated rings. The second-order valence-electron chi connectivity index (χ2n) is 7.05. The van der Waals surface area contributed by atoms with Crippen LogP contribution in [0.5, 0.6) is 0 Å². The van der Waals surface area contributed by atoms with Crippen LogP contribution in [0.2, 0.25) is 10.0 Å². The number of hydrogen-bond acceptors (Lipinski definition) is 7. The van der Waals surface area contributed by atoms with Crippen LogP contribution in [0.4, 0.5) is 5.69 Å². The van der Waals surface area contributed by atoms with Gasteiger partial charge in [0, 0.05) is 21.0 Å². The van der Waals surface area contributed by atoms with Crippen molar-refractivity contribution in [1.29, 1.82) is 0 Å². The van der Waals surface area contributed by atoms with Gasteiger partial charge in [-0.25, -0.2) is 17.8 Å². The second-order valence-corrected chi connectivity index (χ2v) is 11.4. The van der Waals surface area contributed by atoms with Crippen molar-refractivity contribution >= 4 is 82.3 Å². The maximum atomic E-state index is 12.8. The van der Waals surface area contributed by atoms with E-state index in [9.17, 15) is 23.3 Å². The Labute approximate surface area is 215 Å². The Morgan fingerprint density at radius 1 is 1.24 bits per heavy atom. The molecule has 0 atom stereocenters. The van der Waals surface area contributed by atoms with Crippen molar-refractivity contribution in [3.05, 3.63) is 83.2 Å². The summed E-state index contributed by atoms with van der Waals surface area (Å²) < 4.78 is 29.1. The van der Waals surface area contributed by atoms with E-state index >= 15 is 0 Å². The van der Waals surface area contributed by atoms with E-state index in [0.29, 0.717) is 31.5 Å². The highest BCUT2D eigenvalue weighted by Gasteiger charge is 2.30. The standard InChI is InChI=1S/C20H13BrCl2N4O5S2/c1-10-11-8-16(33-20(11)26(24-10)9-12-14(22)5-3-6-15(12)23)19(28)25-34(31,32)17-7-2-4-13(21)18(17)27(29)30/h2-8H,9H2,1H3,(H,25,28). The Morgan fingerprint density at radius 3 is 2.53 bits per heavy atom. The third-order valence-corrected chi connectivity index (χ3v) is 8.71. The Morgan fingerprint density at radius 2 is 1.88 bits per heavy atom. The molecular weight excluding hydrogens is 591 g/mol. The van der Waals surface area contributed by atoms with Crippen molar-refractivity contribution < 1.29 is 18.1 Å². The molecule has 1 amide bonds. The number of nitrogens with zero attached hydrogens (tertiary/aromatic N) is 3. The van der Waals surface area contributed by atoms with Crippen LogP contribution in [-0.2, 0) is 16.6 Å². The van der Waals surface area contributed by atoms with Crippen LogP contribution in [0, 0.1) is 17.0 Å². The number of carbonyl (C=O) groups excluding carboxylic acids is 1. The number of rotatable bonds is 6. The molecule has 4 aromatic rings. The van der Waals surface area contributed by atoms with Gasteiger partial charge in [0.25, 0.3) is 15.9 Å². The Hall–Kier alpha value is -2.51. The number of nitrogens with one attached hydrogen (secondary N) is 1. The van der Waals surface area contributed by atoms with Crippen LogP contribution in [0.15, 0.2) is 51.8 Å². The van der Waals surface area contributed by atoms with E-state index in [-0.39, 0.29) is 15.9 Å². The molecule has 9 nitrogen and oxygen atoms in total. The molecule has 0 saturated heterocycles. The zero-order valence-corrected chi connectivity index (χ0v) is 21.8. The fourth-order valence-electron chi connectivity index (χ4n) is 3.28. The number of hydrogen-bond donors (Lipinski definition) is 1. The highest BCUT2D eigenvalue weighted by atomic mass is 79.9. The molecule has 14 heteroatoms. The van der Waals surface area contributed by atoms with Crippen molar-refractivity contribution in [2.45, 2.75) is 18.4 Å². The third kappa shape index (κ3) is 4.56. The quantitative estimate of drug-likeness (QED) is 0.227. The first-order valence-corrected chi connectivity index (χ1v) is 13.2. The minimum Gasteiger partial charge on any atom is -0.267 e. The average molecular weight is 604 g/mol. The summed E-state index contributed by atoms with van der Waals surface area (Å²) in [5.41, 5.74) is 0.611. The summed E-state index contributed by atoms with van der Waals surface area (Å²) >= 11 is 16.5. The van der Waals surface area contributed by atoms with E-state index in [0.717, 1.165) is 17.4 Å². The highest BCUT2D eigenvalue weighted by Crippen LogP contribution is 2.33. The molecule has 0 saturated carbocycles. The van der Waals surface area contributed by atoms with Crippen molar-refractivity contribution in [1.82, 2.24) is 14.5 Å². The first kappa shape index (κ1) is 24.6. The molecule has 4 rings (SSSR count). The molecule has 2 aromatic carbocycles. The predicted molar refractivity (Wildman–Crippen MR) is 133 cm³/mol. The number of aryl methyl sites for hydroxylation is 1. The van der Waals surface area contributed by atoms with Gasteiger partial charge in [0.05, 0.1) is 26.5 Å². The summed E-state index contributed by atoms with van der Waals surface area (Å²) in [7, 11) is -4.53. The molecule has 0 bridgehead atoms. The first-order chi connectivity index (χ1) is 16.0. The molecule has 1 N–H and O–H groups in total. The smallest absolute Gasteiger partial charge is 0.267 e. The number of amides is 1. The van der Waals surface area contributed by atoms with Gasteiger partial charge in [0.15, 0.2) is 4.90 Å². The summed E-state index contributed by atoms with van der Waals surface area (Å²) in [6, 6.07) is 10.4. The van der Waals surface area contributed by atoms with Crippen LogP contribution in [0.3, 0.4) is 0 Å². The number of fused-ring (bicyclic) bond motifs is 1. The summed E-state index contributed by atoms with van der Waals surface area (Å²) in [5, 5.41) is 17.4. The van der Waals surface area contributed by atoms with E-state index in [1.165, 1.54) is 18.2 Å². The Bertz CT molecular complexity index is 1560. The number of benzene rings is 2. The topological polar surface area (TPSA) is 124 Å². The minimum absolute atomic E-state index is 0.0244. The molecule has 34 heavy (non-hydrogen) atoms. The zero-order chi connectivity index (χ0) is 24.8. The number of nitro benzene ring substituents is 1. The molecule has 2 aromatic heterocycles. The largest absolute Gasteiger partial charge is 0.303 e. The van der Waals surface area contributed by atoms with Crippen LogP contribution in [0.1, 0.15) is 20.9 Å². The predicted octanol–water partition coefficient (Wildman–Crippen LogP) is 5.55. The van der Waals surface area contributed by atoms with Crippen molar-refractivity contribution in [3.8, 4) is 0 Å². The molecule has 0 aliphatic carbocycles. The van der Waals surface area contributed by atoms with Gasteiger partial charge in [-0.2, -0.15) is 5.10 Å². The number of nitro groups is 1. The summed E-state index contributed by atoms with van der Waals surface area (Å²) in [4.78, 5) is 23.4. The van der Waals surface area contributed by atoms with Crippen LogP contribution in [0.25, 0.3) is 10.2 Å². The number of aromatic nitrogens is 2. The minimum atomic E-state index is -4.53. The van der Waals surface area contributed by atoms with Gasteiger partial charge >= 0.3 is 5.69 Å². The van der Waals surface area contributed by atoms with Crippen LogP contribution < -0.4 is 4.72 Å². The number of thiophene rings is 1. The number of halogens is 3. The lowest BCUT2D eigenvalue weighted by Gasteiger charge is -2.08. The van der Waals surface area contributed by atoms with Crippen molar-refractivity contribution in [2.75, 3.05) is 0 Å². The van der Waals surface area contributed by atoms with Crippen LogP contribution in [-0.4, -0.2) is 29.0 Å². The molecule has 0 unspecified atom stereocenters. The SMILES string of the molecule is Cc1nn(Cc2c(Cl)cccc2Cl)c2sc(C(=O)NS(=O)(=O)c3cccc(Br)c3[N+](=O)[O-])cc12. The molecule has 0 aliphatic heterocycles. The monoisotopic (exact) mass is 602 g/mol. The highest BCUT2D eigenvalue weighted by molar-refractivity contribution is 9.10. The molecule has 0 radical (unpaired) electrons. The van der Waals surface area contributed by atoms with Gasteiger partial charge in [-0.15, -0.1) is 11.3 Å². The number of para-hydroxylation sites is 1. The van der Waals surface area contributed by atoms with Gasteiger partial charge in [0.2, 0.25) is 0 Å². The number of sulfonamides is 1. The second kappa shape index (κ2) is 9.27. The van der Waals surface area contributed by atoms with Crippen molar-refractivity contribution in [3.63, 3.8) is 0 Å². The fourth-order valence-corrected chi connectivity index (χ4v) is 6.72. The fraction of sp³-hybridized carbons (Fsp3) is 0.100. The molecule has 2 heterocycles. The van der Waals surface area contributed by atoms with Gasteiger partial charge in [0.1, 0.15) is 4.83 Å². The van der Waals surface area contributed by atoms with Gasteiger partial charge in [-0.05, 0) is 53.2 Å². The molecular formula is C20H13BrCl2N4O5S2. The summed E-state index contributed by atoms with van der Waals surface area (Å²) in [6.45, 7) is 2.00. The lowest BCUT2D eigenvalue weighted by molar-refractivity contribution is -0.388. The van der Waals surface area contributed by atoms with Crippen molar-refractivity contribution in [2.24, 2.45) is 0 Å². The van der Waals surface area contributed by atoms with E-state index in [2.05, 4.69) is 21.0 Å². The summed E-state index contributed by atoms with van der Waals surface area (Å²) in [6.07, 6.45) is 0. The molecule has 176 valence electrons. The maximum absolute atomic E-state index is 12.8. The Kier molecular flexibility index (Phi) is 6.71. The van der Waals surface area contributed by atoms with E-state index in [1.807, 2.05) is 4.72 Å². The van der Waals surface area contributed by atoms with Gasteiger partial charge in [-0.3, -0.25) is 14.9 Å². The molecule has 0 spiro atoms. The normalized spacial score (nSPS) is 11.6. The molecule has 0 aliphatic rings. The van der Waals surface area contributed by atoms with E-state index in [4.69, 9.17) is 23.2 Å². The van der Waals surface area contributed by atoms with Gasteiger partial charge < -0.3 is 0 Å². The maximum Gasteiger partial charge on any atom is 0.303 e. The van der Waals surface area contributed by atoms with Crippen LogP contribution >= 0.6 is 50.5 Å². The van der Waals surface area contributed by atoms with E-state index in [1.54, 1.807) is 29.8 Å². The average Bonchev–Trinajstić information content (AvgIpc) is 3.31. The van der Waals surface area contributed by atoms with E-state index < -0.39 is 31.4 Å². The lowest BCUT2D eigenvalue weighted by atomic mass is 10.2. The summed E-state index contributed by atoms with van der Waals surface area (Å²) in [5.74, 6) is -0.919.